The Hall–Kier alpha value is -2.78. The molecule has 1 amide bonds. The van der Waals surface area contributed by atoms with Crippen LogP contribution in [-0.4, -0.2) is 39.1 Å². The number of halogens is 1. The second kappa shape index (κ2) is 8.07. The fourth-order valence-corrected chi connectivity index (χ4v) is 3.37. The van der Waals surface area contributed by atoms with Gasteiger partial charge in [0.2, 0.25) is 5.91 Å². The third-order valence-electron chi connectivity index (χ3n) is 3.39. The number of thiophene rings is 1. The van der Waals surface area contributed by atoms with Crippen LogP contribution in [0.1, 0.15) is 23.1 Å². The Bertz CT molecular complexity index is 909. The highest BCUT2D eigenvalue weighted by atomic mass is 35.5. The van der Waals surface area contributed by atoms with Crippen molar-refractivity contribution in [1.82, 2.24) is 20.6 Å². The summed E-state index contributed by atoms with van der Waals surface area (Å²) in [5.74, 6) is -0.607. The summed E-state index contributed by atoms with van der Waals surface area (Å²) in [6, 6.07) is 7.08. The van der Waals surface area contributed by atoms with Crippen molar-refractivity contribution in [1.29, 1.82) is 0 Å². The second-order valence-corrected chi connectivity index (χ2v) is 6.45. The highest BCUT2D eigenvalue weighted by Crippen LogP contribution is 2.36. The third-order valence-corrected chi connectivity index (χ3v) is 4.53. The monoisotopic (exact) mass is 391 g/mol. The molecule has 0 saturated heterocycles. The molecule has 0 spiro atoms. The highest BCUT2D eigenvalue weighted by Gasteiger charge is 2.23. The van der Waals surface area contributed by atoms with E-state index in [0.29, 0.717) is 21.2 Å². The fraction of sp³-hybridized carbons (Fsp3) is 0.188. The summed E-state index contributed by atoms with van der Waals surface area (Å²) in [4.78, 5) is 24.7. The van der Waals surface area contributed by atoms with Crippen LogP contribution in [0, 0.1) is 0 Å². The number of anilines is 1. The number of amides is 1. The van der Waals surface area contributed by atoms with Crippen molar-refractivity contribution in [3.63, 3.8) is 0 Å². The first kappa shape index (κ1) is 18.0. The van der Waals surface area contributed by atoms with Gasteiger partial charge < -0.3 is 10.1 Å². The van der Waals surface area contributed by atoms with Crippen LogP contribution < -0.4 is 5.32 Å². The number of benzene rings is 1. The first-order valence-corrected chi connectivity index (χ1v) is 8.91. The number of esters is 1. The molecule has 0 fully saturated rings. The molecule has 8 nitrogen and oxygen atoms in total. The van der Waals surface area contributed by atoms with Crippen LogP contribution in [0.25, 0.3) is 11.1 Å². The van der Waals surface area contributed by atoms with Crippen LogP contribution in [0.2, 0.25) is 5.02 Å². The van der Waals surface area contributed by atoms with E-state index >= 15 is 0 Å². The summed E-state index contributed by atoms with van der Waals surface area (Å²) in [6.45, 7) is 1.95. The molecule has 0 unspecified atom stereocenters. The molecule has 3 aromatic rings. The Kier molecular flexibility index (Phi) is 5.59. The SMILES string of the molecule is CCOC(=O)c1c(-c2ccc(Cl)cc2)csc1NC(=O)Cc1nn[nH]n1. The molecule has 10 heteroatoms. The Morgan fingerprint density at radius 1 is 1.31 bits per heavy atom. The van der Waals surface area contributed by atoms with E-state index in [2.05, 4.69) is 25.9 Å². The Morgan fingerprint density at radius 2 is 2.08 bits per heavy atom. The maximum absolute atomic E-state index is 12.5. The van der Waals surface area contributed by atoms with E-state index in [1.807, 2.05) is 0 Å². The zero-order valence-corrected chi connectivity index (χ0v) is 15.2. The summed E-state index contributed by atoms with van der Waals surface area (Å²) in [6.07, 6.45) is -0.0626. The molecule has 26 heavy (non-hydrogen) atoms. The molecule has 0 saturated carbocycles. The number of H-pyrrole nitrogens is 1. The van der Waals surface area contributed by atoms with Crippen molar-refractivity contribution < 1.29 is 14.3 Å². The quantitative estimate of drug-likeness (QED) is 0.625. The summed E-state index contributed by atoms with van der Waals surface area (Å²) in [5, 5.41) is 18.7. The van der Waals surface area contributed by atoms with Crippen LogP contribution in [0.15, 0.2) is 29.6 Å². The number of ether oxygens (including phenoxy) is 1. The lowest BCUT2D eigenvalue weighted by molar-refractivity contribution is -0.115. The van der Waals surface area contributed by atoms with E-state index < -0.39 is 5.97 Å². The number of nitrogens with one attached hydrogen (secondary N) is 2. The third kappa shape index (κ3) is 4.06. The number of nitrogens with zero attached hydrogens (tertiary/aromatic N) is 3. The molecule has 0 aliphatic rings. The zero-order chi connectivity index (χ0) is 18.5. The molecule has 2 aromatic heterocycles. The molecular formula is C16H14ClN5O3S. The minimum Gasteiger partial charge on any atom is -0.462 e. The lowest BCUT2D eigenvalue weighted by Crippen LogP contribution is -2.17. The van der Waals surface area contributed by atoms with Crippen molar-refractivity contribution in [3.05, 3.63) is 46.1 Å². The highest BCUT2D eigenvalue weighted by molar-refractivity contribution is 7.15. The topological polar surface area (TPSA) is 110 Å². The van der Waals surface area contributed by atoms with E-state index in [1.54, 1.807) is 36.6 Å². The number of tetrazole rings is 1. The van der Waals surface area contributed by atoms with E-state index in [9.17, 15) is 9.59 Å². The van der Waals surface area contributed by atoms with Gasteiger partial charge in [-0.15, -0.1) is 21.5 Å². The molecule has 0 bridgehead atoms. The largest absolute Gasteiger partial charge is 0.462 e. The van der Waals surface area contributed by atoms with Gasteiger partial charge in [0.15, 0.2) is 5.82 Å². The minimum atomic E-state index is -0.506. The predicted molar refractivity (Wildman–Crippen MR) is 97.2 cm³/mol. The van der Waals surface area contributed by atoms with Crippen LogP contribution in [0.4, 0.5) is 5.00 Å². The molecule has 1 aromatic carbocycles. The van der Waals surface area contributed by atoms with Gasteiger partial charge >= 0.3 is 5.97 Å². The molecule has 0 aliphatic carbocycles. The molecule has 0 atom stereocenters. The van der Waals surface area contributed by atoms with Crippen molar-refractivity contribution in [2.75, 3.05) is 11.9 Å². The van der Waals surface area contributed by atoms with Gasteiger partial charge in [-0.1, -0.05) is 28.9 Å². The van der Waals surface area contributed by atoms with Gasteiger partial charge in [-0.25, -0.2) is 4.79 Å². The van der Waals surface area contributed by atoms with E-state index in [-0.39, 0.29) is 24.8 Å². The fourth-order valence-electron chi connectivity index (χ4n) is 2.27. The van der Waals surface area contributed by atoms with E-state index in [4.69, 9.17) is 16.3 Å². The van der Waals surface area contributed by atoms with Crippen molar-refractivity contribution >= 4 is 39.8 Å². The number of aromatic amines is 1. The Labute approximate surface area is 157 Å². The van der Waals surface area contributed by atoms with Gasteiger partial charge in [0.05, 0.1) is 13.0 Å². The lowest BCUT2D eigenvalue weighted by atomic mass is 10.0. The van der Waals surface area contributed by atoms with Gasteiger partial charge in [-0.3, -0.25) is 4.79 Å². The van der Waals surface area contributed by atoms with Gasteiger partial charge in [-0.05, 0) is 24.6 Å². The molecule has 2 N–H and O–H groups in total. The predicted octanol–water partition coefficient (Wildman–Crippen LogP) is 2.94. The summed E-state index contributed by atoms with van der Waals surface area (Å²) in [7, 11) is 0. The maximum Gasteiger partial charge on any atom is 0.341 e. The first-order chi connectivity index (χ1) is 12.6. The Balaban J connectivity index is 1.90. The Morgan fingerprint density at radius 3 is 2.73 bits per heavy atom. The lowest BCUT2D eigenvalue weighted by Gasteiger charge is -2.08. The molecule has 134 valence electrons. The standard InChI is InChI=1S/C16H14ClN5O3S/c1-2-25-16(24)14-11(9-3-5-10(17)6-4-9)8-26-15(14)18-13(23)7-12-19-21-22-20-12/h3-6,8H,2,7H2,1H3,(H,18,23)(H,19,20,21,22). The average molecular weight is 392 g/mol. The van der Waals surface area contributed by atoms with E-state index in [1.165, 1.54) is 11.3 Å². The van der Waals surface area contributed by atoms with Crippen LogP contribution in [0.5, 0.6) is 0 Å². The second-order valence-electron chi connectivity index (χ2n) is 5.13. The number of carbonyl (C=O) groups excluding carboxylic acids is 2. The summed E-state index contributed by atoms with van der Waals surface area (Å²) >= 11 is 7.17. The maximum atomic E-state index is 12.5. The van der Waals surface area contributed by atoms with Crippen LogP contribution >= 0.6 is 22.9 Å². The van der Waals surface area contributed by atoms with Crippen LogP contribution in [-0.2, 0) is 16.0 Å². The number of carbonyl (C=O) groups is 2. The van der Waals surface area contributed by atoms with Crippen molar-refractivity contribution in [2.45, 2.75) is 13.3 Å². The smallest absolute Gasteiger partial charge is 0.341 e. The number of rotatable bonds is 6. The van der Waals surface area contributed by atoms with E-state index in [0.717, 1.165) is 5.56 Å². The van der Waals surface area contributed by atoms with Crippen LogP contribution in [0.3, 0.4) is 0 Å². The molecular weight excluding hydrogens is 378 g/mol. The number of hydrogen-bond donors (Lipinski definition) is 2. The molecule has 3 rings (SSSR count). The van der Waals surface area contributed by atoms with Crippen molar-refractivity contribution in [2.24, 2.45) is 0 Å². The summed E-state index contributed by atoms with van der Waals surface area (Å²) < 4.78 is 5.15. The van der Waals surface area contributed by atoms with Gasteiger partial charge in [0, 0.05) is 16.0 Å². The molecule has 0 aliphatic heterocycles. The van der Waals surface area contributed by atoms with Gasteiger partial charge in [0.25, 0.3) is 0 Å². The average Bonchev–Trinajstić information content (AvgIpc) is 3.25. The van der Waals surface area contributed by atoms with Crippen molar-refractivity contribution in [3.8, 4) is 11.1 Å². The summed E-state index contributed by atoms with van der Waals surface area (Å²) in [5.41, 5.74) is 1.77. The first-order valence-electron chi connectivity index (χ1n) is 7.65. The van der Waals surface area contributed by atoms with Gasteiger partial charge in [-0.2, -0.15) is 5.21 Å². The normalized spacial score (nSPS) is 10.5. The zero-order valence-electron chi connectivity index (χ0n) is 13.7. The minimum absolute atomic E-state index is 0.0626. The van der Waals surface area contributed by atoms with Gasteiger partial charge in [0.1, 0.15) is 10.6 Å². The molecule has 2 heterocycles. The number of aromatic nitrogens is 4. The number of hydrogen-bond acceptors (Lipinski definition) is 7. The molecule has 0 radical (unpaired) electrons.